The molecule has 2 aromatic carbocycles. The van der Waals surface area contributed by atoms with Gasteiger partial charge in [-0.15, -0.1) is 0 Å². The number of nitrogens with one attached hydrogen (secondary N) is 2. The van der Waals surface area contributed by atoms with Crippen molar-refractivity contribution in [2.45, 2.75) is 5.75 Å². The average Bonchev–Trinajstić information content (AvgIpc) is 3.28. The minimum absolute atomic E-state index is 0.102. The molecule has 0 bridgehead atoms. The number of halogens is 2. The molecule has 11 heteroatoms. The molecule has 2 aromatic rings. The smallest absolute Gasteiger partial charge is 0.329 e. The number of nitrogens with zero attached hydrogens (tertiary/aromatic N) is 2. The van der Waals surface area contributed by atoms with Crippen LogP contribution in [-0.2, 0) is 15.3 Å². The van der Waals surface area contributed by atoms with E-state index in [1.54, 1.807) is 42.8 Å². The number of rotatable bonds is 6. The first kappa shape index (κ1) is 23.3. The molecule has 0 aromatic heterocycles. The summed E-state index contributed by atoms with van der Waals surface area (Å²) in [6.07, 6.45) is 1.42. The minimum atomic E-state index is -1.03. The molecule has 0 atom stereocenters. The van der Waals surface area contributed by atoms with Crippen molar-refractivity contribution in [1.82, 2.24) is 5.43 Å². The highest BCUT2D eigenvalue weighted by atomic mass is 79.9. The number of amides is 2. The maximum absolute atomic E-state index is 13.8. The SMILES string of the molecule is COc1ccc(C=NNC(=O)C(=O)Nc2ccc(Br)cc2F)cc1CSC1=NCCS1. The Morgan fingerprint density at radius 2 is 2.16 bits per heavy atom. The molecule has 0 radical (unpaired) electrons. The van der Waals surface area contributed by atoms with Gasteiger partial charge in [0, 0.05) is 21.5 Å². The lowest BCUT2D eigenvalue weighted by atomic mass is 10.1. The van der Waals surface area contributed by atoms with Gasteiger partial charge in [0.25, 0.3) is 0 Å². The second kappa shape index (κ2) is 11.3. The van der Waals surface area contributed by atoms with Crippen LogP contribution >= 0.6 is 39.5 Å². The van der Waals surface area contributed by atoms with Crippen molar-refractivity contribution in [1.29, 1.82) is 0 Å². The van der Waals surface area contributed by atoms with Gasteiger partial charge in [-0.3, -0.25) is 14.6 Å². The number of carbonyl (C=O) groups excluding carboxylic acids is 2. The molecule has 31 heavy (non-hydrogen) atoms. The van der Waals surface area contributed by atoms with Gasteiger partial charge >= 0.3 is 11.8 Å². The largest absolute Gasteiger partial charge is 0.496 e. The van der Waals surface area contributed by atoms with Gasteiger partial charge in [0.2, 0.25) is 0 Å². The Labute approximate surface area is 195 Å². The Kier molecular flexibility index (Phi) is 8.50. The Balaban J connectivity index is 1.58. The second-order valence-corrected chi connectivity index (χ2v) is 9.36. The molecule has 1 aliphatic rings. The van der Waals surface area contributed by atoms with E-state index in [0.29, 0.717) is 10.2 Å². The number of benzene rings is 2. The number of carbonyl (C=O) groups is 2. The lowest BCUT2D eigenvalue weighted by Crippen LogP contribution is -2.32. The van der Waals surface area contributed by atoms with Crippen LogP contribution in [-0.4, -0.2) is 41.8 Å². The number of hydrazone groups is 1. The van der Waals surface area contributed by atoms with Crippen molar-refractivity contribution in [3.63, 3.8) is 0 Å². The van der Waals surface area contributed by atoms with E-state index < -0.39 is 17.6 Å². The summed E-state index contributed by atoms with van der Waals surface area (Å²) in [5.41, 5.74) is 3.71. The molecule has 0 saturated carbocycles. The standard InChI is InChI=1S/C20H18BrFN4O3S2/c1-29-17-5-2-12(8-13(17)11-31-20-23-6-7-30-20)10-24-26-19(28)18(27)25-16-4-3-14(21)9-15(16)22/h2-5,8-10H,6-7,11H2,1H3,(H,25,27)(H,26,28). The van der Waals surface area contributed by atoms with E-state index >= 15 is 0 Å². The van der Waals surface area contributed by atoms with Crippen molar-refractivity contribution in [3.05, 3.63) is 57.8 Å². The van der Waals surface area contributed by atoms with E-state index in [0.717, 1.165) is 33.5 Å². The van der Waals surface area contributed by atoms with Crippen LogP contribution in [0.5, 0.6) is 5.75 Å². The molecule has 0 aliphatic carbocycles. The van der Waals surface area contributed by atoms with E-state index in [4.69, 9.17) is 4.74 Å². The van der Waals surface area contributed by atoms with Gasteiger partial charge in [-0.2, -0.15) is 5.10 Å². The Morgan fingerprint density at radius 3 is 2.87 bits per heavy atom. The van der Waals surface area contributed by atoms with Crippen LogP contribution in [0.15, 0.2) is 51.0 Å². The zero-order valence-electron chi connectivity index (χ0n) is 16.4. The Morgan fingerprint density at radius 1 is 1.32 bits per heavy atom. The van der Waals surface area contributed by atoms with Gasteiger partial charge in [-0.05, 0) is 42.0 Å². The third kappa shape index (κ3) is 6.81. The molecule has 2 N–H and O–H groups in total. The average molecular weight is 525 g/mol. The third-order valence-corrected chi connectivity index (χ3v) is 6.77. The van der Waals surface area contributed by atoms with Crippen LogP contribution in [0.3, 0.4) is 0 Å². The first-order chi connectivity index (χ1) is 15.0. The highest BCUT2D eigenvalue weighted by molar-refractivity contribution is 9.10. The molecule has 0 unspecified atom stereocenters. The molecule has 2 amide bonds. The van der Waals surface area contributed by atoms with Gasteiger partial charge in [0.05, 0.1) is 25.6 Å². The van der Waals surface area contributed by atoms with Crippen LogP contribution in [0.2, 0.25) is 0 Å². The van der Waals surface area contributed by atoms with E-state index in [9.17, 15) is 14.0 Å². The van der Waals surface area contributed by atoms with Crippen molar-refractivity contribution < 1.29 is 18.7 Å². The Hall–Kier alpha value is -2.37. The summed E-state index contributed by atoms with van der Waals surface area (Å²) in [4.78, 5) is 28.3. The minimum Gasteiger partial charge on any atom is -0.496 e. The molecule has 1 heterocycles. The number of thioether (sulfide) groups is 2. The predicted octanol–water partition coefficient (Wildman–Crippen LogP) is 4.02. The fourth-order valence-electron chi connectivity index (χ4n) is 2.52. The van der Waals surface area contributed by atoms with E-state index in [1.807, 2.05) is 12.1 Å². The normalized spacial score (nSPS) is 13.2. The molecule has 162 valence electrons. The maximum atomic E-state index is 13.8. The molecule has 3 rings (SSSR count). The van der Waals surface area contributed by atoms with E-state index in [-0.39, 0.29) is 5.69 Å². The lowest BCUT2D eigenvalue weighted by Gasteiger charge is -2.09. The van der Waals surface area contributed by atoms with Crippen LogP contribution in [0.25, 0.3) is 0 Å². The summed E-state index contributed by atoms with van der Waals surface area (Å²) in [7, 11) is 1.60. The van der Waals surface area contributed by atoms with Crippen molar-refractivity contribution in [2.24, 2.45) is 10.1 Å². The highest BCUT2D eigenvalue weighted by Crippen LogP contribution is 2.29. The maximum Gasteiger partial charge on any atom is 0.329 e. The number of aliphatic imine (C=N–C) groups is 1. The first-order valence-corrected chi connectivity index (χ1v) is 11.8. The third-order valence-electron chi connectivity index (χ3n) is 3.98. The molecule has 0 saturated heterocycles. The second-order valence-electron chi connectivity index (χ2n) is 6.13. The zero-order chi connectivity index (χ0) is 22.2. The highest BCUT2D eigenvalue weighted by Gasteiger charge is 2.15. The zero-order valence-corrected chi connectivity index (χ0v) is 19.6. The van der Waals surface area contributed by atoms with Gasteiger partial charge in [-0.1, -0.05) is 39.5 Å². The van der Waals surface area contributed by atoms with Crippen LogP contribution < -0.4 is 15.5 Å². The van der Waals surface area contributed by atoms with Gasteiger partial charge < -0.3 is 10.1 Å². The quantitative estimate of drug-likeness (QED) is 0.338. The summed E-state index contributed by atoms with van der Waals surface area (Å²) in [6, 6.07) is 9.56. The van der Waals surface area contributed by atoms with E-state index in [2.05, 4.69) is 36.8 Å². The van der Waals surface area contributed by atoms with Crippen LogP contribution in [0.4, 0.5) is 10.1 Å². The Bertz CT molecular complexity index is 1050. The molecular weight excluding hydrogens is 507 g/mol. The van der Waals surface area contributed by atoms with Crippen LogP contribution in [0.1, 0.15) is 11.1 Å². The summed E-state index contributed by atoms with van der Waals surface area (Å²) in [5.74, 6) is -0.269. The number of anilines is 1. The number of ether oxygens (including phenoxy) is 1. The van der Waals surface area contributed by atoms with Crippen molar-refractivity contribution in [2.75, 3.05) is 24.7 Å². The molecular formula is C20H18BrFN4O3S2. The monoisotopic (exact) mass is 524 g/mol. The molecule has 0 fully saturated rings. The lowest BCUT2D eigenvalue weighted by molar-refractivity contribution is -0.136. The fourth-order valence-corrected chi connectivity index (χ4v) is 4.84. The topological polar surface area (TPSA) is 92.1 Å². The first-order valence-electron chi connectivity index (χ1n) is 9.02. The van der Waals surface area contributed by atoms with Gasteiger partial charge in [0.15, 0.2) is 0 Å². The number of hydrogen-bond acceptors (Lipinski definition) is 7. The van der Waals surface area contributed by atoms with E-state index in [1.165, 1.54) is 18.3 Å². The van der Waals surface area contributed by atoms with Gasteiger partial charge in [-0.25, -0.2) is 9.82 Å². The number of hydrogen-bond donors (Lipinski definition) is 2. The fraction of sp³-hybridized carbons (Fsp3) is 0.200. The molecule has 1 aliphatic heterocycles. The van der Waals surface area contributed by atoms with Crippen molar-refractivity contribution >= 4 is 67.5 Å². The van der Waals surface area contributed by atoms with Crippen molar-refractivity contribution in [3.8, 4) is 5.75 Å². The summed E-state index contributed by atoms with van der Waals surface area (Å²) >= 11 is 6.50. The summed E-state index contributed by atoms with van der Waals surface area (Å²) in [5, 5.41) is 6.01. The summed E-state index contributed by atoms with van der Waals surface area (Å²) in [6.45, 7) is 0.846. The molecule has 0 spiro atoms. The van der Waals surface area contributed by atoms with Gasteiger partial charge in [0.1, 0.15) is 15.9 Å². The summed E-state index contributed by atoms with van der Waals surface area (Å²) < 4.78 is 20.8. The molecule has 7 nitrogen and oxygen atoms in total. The number of methoxy groups -OCH3 is 1. The predicted molar refractivity (Wildman–Crippen MR) is 128 cm³/mol. The van der Waals surface area contributed by atoms with Crippen LogP contribution in [0, 0.1) is 5.82 Å².